The lowest BCUT2D eigenvalue weighted by Crippen LogP contribution is -2.54. The second kappa shape index (κ2) is 6.26. The zero-order chi connectivity index (χ0) is 13.8. The summed E-state index contributed by atoms with van der Waals surface area (Å²) in [5, 5.41) is 11.5. The first-order valence-electron chi connectivity index (χ1n) is 7.37. The lowest BCUT2D eigenvalue weighted by molar-refractivity contribution is -0.137. The van der Waals surface area contributed by atoms with E-state index >= 15 is 0 Å². The number of nitrogens with one attached hydrogen (secondary N) is 1. The minimum atomic E-state index is -0.873. The van der Waals surface area contributed by atoms with Gasteiger partial charge in [-0.15, -0.1) is 0 Å². The van der Waals surface area contributed by atoms with E-state index in [1.807, 2.05) is 4.90 Å². The van der Waals surface area contributed by atoms with Gasteiger partial charge >= 0.3 is 12.0 Å². The highest BCUT2D eigenvalue weighted by Crippen LogP contribution is 2.35. The Kier molecular flexibility index (Phi) is 4.66. The Morgan fingerprint density at radius 2 is 1.95 bits per heavy atom. The molecular weight excluding hydrogens is 244 g/mol. The second-order valence-electron chi connectivity index (χ2n) is 5.90. The van der Waals surface area contributed by atoms with Gasteiger partial charge < -0.3 is 15.3 Å². The smallest absolute Gasteiger partial charge is 0.317 e. The maximum atomic E-state index is 12.3. The summed E-state index contributed by atoms with van der Waals surface area (Å²) in [5.74, 6) is -0.218. The van der Waals surface area contributed by atoms with Gasteiger partial charge in [-0.1, -0.05) is 12.8 Å². The Labute approximate surface area is 114 Å². The number of piperidine rings is 1. The van der Waals surface area contributed by atoms with Crippen molar-refractivity contribution in [3.8, 4) is 0 Å². The quantitative estimate of drug-likeness (QED) is 0.824. The molecule has 3 unspecified atom stereocenters. The molecule has 5 nitrogen and oxygen atoms in total. The largest absolute Gasteiger partial charge is 0.481 e. The number of carboxylic acid groups (broad SMARTS) is 1. The van der Waals surface area contributed by atoms with Gasteiger partial charge in [0.05, 0.1) is 6.42 Å². The molecule has 1 saturated carbocycles. The number of hydrogen-bond donors (Lipinski definition) is 2. The van der Waals surface area contributed by atoms with E-state index in [1.165, 1.54) is 25.7 Å². The van der Waals surface area contributed by atoms with Crippen molar-refractivity contribution in [1.82, 2.24) is 10.2 Å². The van der Waals surface area contributed by atoms with E-state index in [0.717, 1.165) is 19.4 Å². The predicted molar refractivity (Wildman–Crippen MR) is 71.9 cm³/mol. The van der Waals surface area contributed by atoms with Crippen LogP contribution in [0, 0.1) is 5.92 Å². The third kappa shape index (κ3) is 3.61. The van der Waals surface area contributed by atoms with Crippen molar-refractivity contribution < 1.29 is 14.7 Å². The number of urea groups is 1. The predicted octanol–water partition coefficient (Wildman–Crippen LogP) is 2.21. The number of aliphatic carboxylic acids is 1. The zero-order valence-electron chi connectivity index (χ0n) is 11.6. The van der Waals surface area contributed by atoms with Crippen LogP contribution >= 0.6 is 0 Å². The molecule has 0 aromatic heterocycles. The third-order valence-electron chi connectivity index (χ3n) is 4.35. The molecule has 3 atom stereocenters. The van der Waals surface area contributed by atoms with Crippen LogP contribution in [0.25, 0.3) is 0 Å². The number of carbonyl (C=O) groups excluding carboxylic acids is 1. The van der Waals surface area contributed by atoms with Gasteiger partial charge in [0.15, 0.2) is 0 Å². The third-order valence-corrected chi connectivity index (χ3v) is 4.35. The molecule has 2 N–H and O–H groups in total. The van der Waals surface area contributed by atoms with E-state index in [0.29, 0.717) is 12.0 Å². The summed E-state index contributed by atoms with van der Waals surface area (Å²) in [6.45, 7) is 2.56. The molecule has 0 radical (unpaired) electrons. The maximum Gasteiger partial charge on any atom is 0.317 e. The summed E-state index contributed by atoms with van der Waals surface area (Å²) >= 11 is 0. The summed E-state index contributed by atoms with van der Waals surface area (Å²) in [4.78, 5) is 24.8. The highest BCUT2D eigenvalue weighted by atomic mass is 16.4. The van der Waals surface area contributed by atoms with Crippen molar-refractivity contribution in [2.75, 3.05) is 6.54 Å². The Hall–Kier alpha value is -1.26. The number of nitrogens with zero attached hydrogens (tertiary/aromatic N) is 1. The molecular formula is C14H24N2O3. The van der Waals surface area contributed by atoms with Crippen molar-refractivity contribution in [2.24, 2.45) is 5.92 Å². The first-order valence-corrected chi connectivity index (χ1v) is 7.37. The molecule has 1 aliphatic carbocycles. The van der Waals surface area contributed by atoms with E-state index < -0.39 is 5.97 Å². The van der Waals surface area contributed by atoms with Crippen LogP contribution in [0.5, 0.6) is 0 Å². The minimum Gasteiger partial charge on any atom is -0.481 e. The highest BCUT2D eigenvalue weighted by molar-refractivity contribution is 5.76. The first kappa shape index (κ1) is 14.2. The van der Waals surface area contributed by atoms with E-state index in [9.17, 15) is 9.59 Å². The second-order valence-corrected chi connectivity index (χ2v) is 5.90. The fourth-order valence-electron chi connectivity index (χ4n) is 3.48. The van der Waals surface area contributed by atoms with Crippen molar-refractivity contribution >= 4 is 12.0 Å². The summed E-state index contributed by atoms with van der Waals surface area (Å²) in [7, 11) is 0. The van der Waals surface area contributed by atoms with Crippen LogP contribution in [0.4, 0.5) is 4.79 Å². The zero-order valence-corrected chi connectivity index (χ0v) is 11.6. The molecule has 1 aliphatic heterocycles. The highest BCUT2D eigenvalue weighted by Gasteiger charge is 2.35. The van der Waals surface area contributed by atoms with Crippen LogP contribution in [0.15, 0.2) is 0 Å². The van der Waals surface area contributed by atoms with E-state index in [4.69, 9.17) is 5.11 Å². The van der Waals surface area contributed by atoms with Gasteiger partial charge in [-0.05, 0) is 38.5 Å². The normalized spacial score (nSPS) is 28.4. The fourth-order valence-corrected chi connectivity index (χ4v) is 3.48. The standard InChI is InChI=1S/C14H24N2O3/c1-10(9-13(17)18)15-14(19)16-8-4-6-11-5-2-3-7-12(11)16/h10-12H,2-9H2,1H3,(H,15,19)(H,17,18). The molecule has 108 valence electrons. The number of likely N-dealkylation sites (tertiary alicyclic amines) is 1. The van der Waals surface area contributed by atoms with Crippen LogP contribution in [0.3, 0.4) is 0 Å². The Morgan fingerprint density at radius 1 is 1.26 bits per heavy atom. The van der Waals surface area contributed by atoms with Crippen molar-refractivity contribution in [3.63, 3.8) is 0 Å². The average Bonchev–Trinajstić information content (AvgIpc) is 2.36. The van der Waals surface area contributed by atoms with Crippen molar-refractivity contribution in [3.05, 3.63) is 0 Å². The molecule has 0 spiro atoms. The maximum absolute atomic E-state index is 12.3. The van der Waals surface area contributed by atoms with Crippen molar-refractivity contribution in [1.29, 1.82) is 0 Å². The number of fused-ring (bicyclic) bond motifs is 1. The van der Waals surface area contributed by atoms with E-state index in [1.54, 1.807) is 6.92 Å². The number of rotatable bonds is 3. The minimum absolute atomic E-state index is 0.0202. The fraction of sp³-hybridized carbons (Fsp3) is 0.857. The monoisotopic (exact) mass is 268 g/mol. The molecule has 5 heteroatoms. The molecule has 2 fully saturated rings. The topological polar surface area (TPSA) is 69.6 Å². The van der Waals surface area contributed by atoms with Crippen LogP contribution in [-0.4, -0.2) is 40.6 Å². The molecule has 0 aromatic rings. The van der Waals surface area contributed by atoms with Gasteiger partial charge in [0.25, 0.3) is 0 Å². The summed E-state index contributed by atoms with van der Waals surface area (Å²) < 4.78 is 0. The Balaban J connectivity index is 1.91. The Bertz CT molecular complexity index is 344. The van der Waals surface area contributed by atoms with E-state index in [-0.39, 0.29) is 18.5 Å². The average molecular weight is 268 g/mol. The SMILES string of the molecule is CC(CC(=O)O)NC(=O)N1CCCC2CCCCC21. The lowest BCUT2D eigenvalue weighted by atomic mass is 9.78. The van der Waals surface area contributed by atoms with Crippen LogP contribution in [0.1, 0.15) is 51.9 Å². The van der Waals surface area contributed by atoms with Crippen LogP contribution in [0.2, 0.25) is 0 Å². The molecule has 0 bridgehead atoms. The first-order chi connectivity index (χ1) is 9.08. The molecule has 0 aromatic carbocycles. The number of carboxylic acids is 1. The van der Waals surface area contributed by atoms with Crippen LogP contribution in [-0.2, 0) is 4.79 Å². The summed E-state index contributed by atoms with van der Waals surface area (Å²) in [6, 6.07) is -0.0150. The summed E-state index contributed by atoms with van der Waals surface area (Å²) in [6.07, 6.45) is 7.11. The lowest BCUT2D eigenvalue weighted by Gasteiger charge is -2.44. The molecule has 1 saturated heterocycles. The van der Waals surface area contributed by atoms with E-state index in [2.05, 4.69) is 5.32 Å². The van der Waals surface area contributed by atoms with Crippen molar-refractivity contribution in [2.45, 2.75) is 64.0 Å². The van der Waals surface area contributed by atoms with Gasteiger partial charge in [-0.2, -0.15) is 0 Å². The van der Waals surface area contributed by atoms with Gasteiger partial charge in [0.2, 0.25) is 0 Å². The van der Waals surface area contributed by atoms with Gasteiger partial charge in [-0.25, -0.2) is 4.79 Å². The Morgan fingerprint density at radius 3 is 2.68 bits per heavy atom. The van der Waals surface area contributed by atoms with Crippen LogP contribution < -0.4 is 5.32 Å². The number of hydrogen-bond acceptors (Lipinski definition) is 2. The molecule has 2 amide bonds. The van der Waals surface area contributed by atoms with Gasteiger partial charge in [0, 0.05) is 18.6 Å². The molecule has 2 rings (SSSR count). The molecule has 2 aliphatic rings. The van der Waals surface area contributed by atoms with Gasteiger partial charge in [-0.3, -0.25) is 4.79 Å². The number of carbonyl (C=O) groups is 2. The molecule has 19 heavy (non-hydrogen) atoms. The number of amides is 2. The van der Waals surface area contributed by atoms with Gasteiger partial charge in [0.1, 0.15) is 0 Å². The molecule has 1 heterocycles. The summed E-state index contributed by atoms with van der Waals surface area (Å²) in [5.41, 5.74) is 0.